The molecule has 1 aromatic carbocycles. The quantitative estimate of drug-likeness (QED) is 0.801. The average molecular weight is 219 g/mol. The van der Waals surface area contributed by atoms with Crippen LogP contribution in [-0.2, 0) is 6.42 Å². The Morgan fingerprint density at radius 1 is 1.12 bits per heavy atom. The van der Waals surface area contributed by atoms with Gasteiger partial charge >= 0.3 is 0 Å². The maximum atomic E-state index is 6.12. The van der Waals surface area contributed by atoms with Crippen LogP contribution in [-0.4, -0.2) is 6.04 Å². The molecule has 0 spiro atoms. The molecule has 0 aromatic heterocycles. The van der Waals surface area contributed by atoms with E-state index in [0.717, 1.165) is 19.3 Å². The van der Waals surface area contributed by atoms with Crippen LogP contribution in [0.1, 0.15) is 45.6 Å². The topological polar surface area (TPSA) is 26.0 Å². The van der Waals surface area contributed by atoms with Crippen LogP contribution in [0, 0.1) is 5.41 Å². The van der Waals surface area contributed by atoms with E-state index in [1.165, 1.54) is 12.0 Å². The van der Waals surface area contributed by atoms with Gasteiger partial charge in [-0.05, 0) is 36.7 Å². The van der Waals surface area contributed by atoms with E-state index in [1.807, 2.05) is 0 Å². The third-order valence-electron chi connectivity index (χ3n) is 2.76. The molecule has 0 radical (unpaired) electrons. The van der Waals surface area contributed by atoms with Gasteiger partial charge in [0.05, 0.1) is 0 Å². The standard InChI is InChI=1S/C15H25N/c1-15(2,3)12-14(16)11-7-10-13-8-5-4-6-9-13/h4-6,8-9,14H,7,10-12,16H2,1-3H3. The minimum atomic E-state index is 0.351. The summed E-state index contributed by atoms with van der Waals surface area (Å²) in [4.78, 5) is 0. The highest BCUT2D eigenvalue weighted by molar-refractivity contribution is 5.14. The molecule has 0 bridgehead atoms. The van der Waals surface area contributed by atoms with Crippen LogP contribution < -0.4 is 5.73 Å². The Kier molecular flexibility index (Phi) is 5.01. The molecule has 0 saturated carbocycles. The predicted molar refractivity (Wildman–Crippen MR) is 71.4 cm³/mol. The van der Waals surface area contributed by atoms with E-state index in [-0.39, 0.29) is 0 Å². The summed E-state index contributed by atoms with van der Waals surface area (Å²) in [6, 6.07) is 11.0. The molecule has 1 unspecified atom stereocenters. The van der Waals surface area contributed by atoms with E-state index < -0.39 is 0 Å². The van der Waals surface area contributed by atoms with Crippen LogP contribution in [0.25, 0.3) is 0 Å². The van der Waals surface area contributed by atoms with E-state index in [0.29, 0.717) is 11.5 Å². The van der Waals surface area contributed by atoms with Crippen molar-refractivity contribution in [2.45, 2.75) is 52.5 Å². The van der Waals surface area contributed by atoms with E-state index in [4.69, 9.17) is 5.73 Å². The fraction of sp³-hybridized carbons (Fsp3) is 0.600. The number of nitrogens with two attached hydrogens (primary N) is 1. The molecule has 90 valence electrons. The van der Waals surface area contributed by atoms with Gasteiger partial charge in [0, 0.05) is 6.04 Å². The lowest BCUT2D eigenvalue weighted by atomic mass is 9.86. The summed E-state index contributed by atoms with van der Waals surface area (Å²) in [6.07, 6.45) is 4.59. The summed E-state index contributed by atoms with van der Waals surface area (Å²) >= 11 is 0. The highest BCUT2D eigenvalue weighted by atomic mass is 14.6. The zero-order chi connectivity index (χ0) is 12.0. The van der Waals surface area contributed by atoms with Crippen LogP contribution in [0.15, 0.2) is 30.3 Å². The molecule has 1 nitrogen and oxygen atoms in total. The number of hydrogen-bond acceptors (Lipinski definition) is 1. The predicted octanol–water partition coefficient (Wildman–Crippen LogP) is 3.77. The maximum Gasteiger partial charge on any atom is 0.00439 e. The first kappa shape index (κ1) is 13.2. The van der Waals surface area contributed by atoms with E-state index in [2.05, 4.69) is 51.1 Å². The lowest BCUT2D eigenvalue weighted by Gasteiger charge is -2.23. The molecular formula is C15H25N. The zero-order valence-electron chi connectivity index (χ0n) is 10.9. The lowest BCUT2D eigenvalue weighted by Crippen LogP contribution is -2.26. The fourth-order valence-corrected chi connectivity index (χ4v) is 2.10. The van der Waals surface area contributed by atoms with Gasteiger partial charge in [0.2, 0.25) is 0 Å². The highest BCUT2D eigenvalue weighted by Crippen LogP contribution is 2.21. The molecule has 0 heterocycles. The Balaban J connectivity index is 2.21. The Morgan fingerprint density at radius 3 is 2.31 bits per heavy atom. The van der Waals surface area contributed by atoms with E-state index in [9.17, 15) is 0 Å². The third kappa shape index (κ3) is 5.92. The Morgan fingerprint density at radius 2 is 1.75 bits per heavy atom. The smallest absolute Gasteiger partial charge is 0.00439 e. The van der Waals surface area contributed by atoms with Crippen LogP contribution >= 0.6 is 0 Å². The van der Waals surface area contributed by atoms with Gasteiger partial charge in [-0.2, -0.15) is 0 Å². The van der Waals surface area contributed by atoms with Crippen molar-refractivity contribution in [3.05, 3.63) is 35.9 Å². The van der Waals surface area contributed by atoms with Gasteiger partial charge in [0.25, 0.3) is 0 Å². The SMILES string of the molecule is CC(C)(C)CC(N)CCCc1ccccc1. The van der Waals surface area contributed by atoms with Crippen molar-refractivity contribution < 1.29 is 0 Å². The zero-order valence-corrected chi connectivity index (χ0v) is 10.9. The van der Waals surface area contributed by atoms with Gasteiger partial charge < -0.3 is 5.73 Å². The first-order chi connectivity index (χ1) is 7.47. The number of benzene rings is 1. The second-order valence-electron chi connectivity index (χ2n) is 5.90. The Labute approximate surface area is 100 Å². The van der Waals surface area contributed by atoms with Crippen LogP contribution in [0.5, 0.6) is 0 Å². The number of rotatable bonds is 5. The van der Waals surface area contributed by atoms with E-state index >= 15 is 0 Å². The first-order valence-electron chi connectivity index (χ1n) is 6.27. The third-order valence-corrected chi connectivity index (χ3v) is 2.76. The van der Waals surface area contributed by atoms with Crippen LogP contribution in [0.2, 0.25) is 0 Å². The maximum absolute atomic E-state index is 6.12. The van der Waals surface area contributed by atoms with Crippen molar-refractivity contribution in [3.63, 3.8) is 0 Å². The lowest BCUT2D eigenvalue weighted by molar-refractivity contribution is 0.328. The number of hydrogen-bond donors (Lipinski definition) is 1. The largest absolute Gasteiger partial charge is 0.328 e. The first-order valence-corrected chi connectivity index (χ1v) is 6.27. The van der Waals surface area contributed by atoms with Gasteiger partial charge in [-0.3, -0.25) is 0 Å². The molecule has 1 atom stereocenters. The summed E-state index contributed by atoms with van der Waals surface area (Å²) in [7, 11) is 0. The molecule has 0 aliphatic heterocycles. The van der Waals surface area contributed by atoms with Gasteiger partial charge in [0.1, 0.15) is 0 Å². The van der Waals surface area contributed by atoms with Gasteiger partial charge in [-0.15, -0.1) is 0 Å². The van der Waals surface area contributed by atoms with Crippen molar-refractivity contribution in [2.24, 2.45) is 11.1 Å². The molecule has 0 fully saturated rings. The van der Waals surface area contributed by atoms with Crippen LogP contribution in [0.4, 0.5) is 0 Å². The minimum absolute atomic E-state index is 0.351. The normalized spacial score (nSPS) is 13.8. The Hall–Kier alpha value is -0.820. The second-order valence-corrected chi connectivity index (χ2v) is 5.90. The Bertz CT molecular complexity index is 284. The summed E-state index contributed by atoms with van der Waals surface area (Å²) in [5.74, 6) is 0. The summed E-state index contributed by atoms with van der Waals surface area (Å²) < 4.78 is 0. The summed E-state index contributed by atoms with van der Waals surface area (Å²) in [6.45, 7) is 6.76. The summed E-state index contributed by atoms with van der Waals surface area (Å²) in [5.41, 5.74) is 7.90. The fourth-order valence-electron chi connectivity index (χ4n) is 2.10. The van der Waals surface area contributed by atoms with Gasteiger partial charge in [-0.1, -0.05) is 51.1 Å². The van der Waals surface area contributed by atoms with E-state index in [1.54, 1.807) is 0 Å². The molecule has 0 aliphatic carbocycles. The molecule has 1 heteroatoms. The second kappa shape index (κ2) is 6.05. The highest BCUT2D eigenvalue weighted by Gasteiger charge is 2.14. The minimum Gasteiger partial charge on any atom is -0.328 e. The summed E-state index contributed by atoms with van der Waals surface area (Å²) in [5, 5.41) is 0. The van der Waals surface area contributed by atoms with Crippen molar-refractivity contribution in [2.75, 3.05) is 0 Å². The van der Waals surface area contributed by atoms with Crippen molar-refractivity contribution >= 4 is 0 Å². The van der Waals surface area contributed by atoms with Crippen molar-refractivity contribution in [3.8, 4) is 0 Å². The van der Waals surface area contributed by atoms with Gasteiger partial charge in [0.15, 0.2) is 0 Å². The molecule has 1 rings (SSSR count). The van der Waals surface area contributed by atoms with Crippen molar-refractivity contribution in [1.82, 2.24) is 0 Å². The molecule has 0 saturated heterocycles. The average Bonchev–Trinajstić information content (AvgIpc) is 2.16. The molecule has 1 aromatic rings. The molecule has 16 heavy (non-hydrogen) atoms. The molecular weight excluding hydrogens is 194 g/mol. The molecule has 0 aliphatic rings. The van der Waals surface area contributed by atoms with Crippen molar-refractivity contribution in [1.29, 1.82) is 0 Å². The molecule has 2 N–H and O–H groups in total. The number of aryl methyl sites for hydroxylation is 1. The van der Waals surface area contributed by atoms with Crippen LogP contribution in [0.3, 0.4) is 0 Å². The monoisotopic (exact) mass is 219 g/mol. The van der Waals surface area contributed by atoms with Gasteiger partial charge in [-0.25, -0.2) is 0 Å². The molecule has 0 amide bonds.